The summed E-state index contributed by atoms with van der Waals surface area (Å²) in [7, 11) is 0. The standard InChI is InChI=1S/C26H23ClN2O4S/c1-4-14-33-18-12-10-17(11-13-18)15-21-24(30)29-23(19-8-6-7-9-20(19)27)22(25(31)32-5-2)16(3)28-26(29)34-21/h4,6-13,15,23H,1,5,14H2,2-3H3/b21-15-/t23-/m0/s1. The van der Waals surface area contributed by atoms with E-state index in [-0.39, 0.29) is 12.2 Å². The molecule has 3 aromatic rings. The van der Waals surface area contributed by atoms with Crippen molar-refractivity contribution >= 4 is 35.0 Å². The van der Waals surface area contributed by atoms with Crippen LogP contribution in [0, 0.1) is 0 Å². The van der Waals surface area contributed by atoms with Crippen molar-refractivity contribution in [2.45, 2.75) is 19.9 Å². The van der Waals surface area contributed by atoms with Gasteiger partial charge in [0.25, 0.3) is 5.56 Å². The zero-order valence-electron chi connectivity index (χ0n) is 18.8. The van der Waals surface area contributed by atoms with E-state index in [1.807, 2.05) is 36.4 Å². The minimum Gasteiger partial charge on any atom is -0.490 e. The third kappa shape index (κ3) is 4.62. The maximum absolute atomic E-state index is 13.6. The zero-order chi connectivity index (χ0) is 24.2. The van der Waals surface area contributed by atoms with Gasteiger partial charge in [-0.25, -0.2) is 9.79 Å². The Morgan fingerprint density at radius 2 is 1.97 bits per heavy atom. The van der Waals surface area contributed by atoms with Crippen molar-refractivity contribution in [3.63, 3.8) is 0 Å². The molecule has 174 valence electrons. The fourth-order valence-electron chi connectivity index (χ4n) is 3.75. The summed E-state index contributed by atoms with van der Waals surface area (Å²) < 4.78 is 12.8. The molecule has 0 radical (unpaired) electrons. The van der Waals surface area contributed by atoms with E-state index in [0.717, 1.165) is 5.56 Å². The monoisotopic (exact) mass is 494 g/mol. The highest BCUT2D eigenvalue weighted by atomic mass is 35.5. The second-order valence-corrected chi connectivity index (χ2v) is 8.91. The molecule has 2 heterocycles. The fraction of sp³-hybridized carbons (Fsp3) is 0.192. The Bertz CT molecular complexity index is 1450. The Kier molecular flexibility index (Phi) is 7.14. The molecule has 0 N–H and O–H groups in total. The van der Waals surface area contributed by atoms with Gasteiger partial charge < -0.3 is 9.47 Å². The Morgan fingerprint density at radius 3 is 2.65 bits per heavy atom. The summed E-state index contributed by atoms with van der Waals surface area (Å²) in [4.78, 5) is 31.6. The first-order valence-corrected chi connectivity index (χ1v) is 11.9. The second-order valence-electron chi connectivity index (χ2n) is 7.49. The number of nitrogens with zero attached hydrogens (tertiary/aromatic N) is 2. The van der Waals surface area contributed by atoms with Crippen LogP contribution < -0.4 is 19.6 Å². The maximum atomic E-state index is 13.6. The lowest BCUT2D eigenvalue weighted by atomic mass is 9.96. The summed E-state index contributed by atoms with van der Waals surface area (Å²) in [6.45, 7) is 7.75. The fourth-order valence-corrected chi connectivity index (χ4v) is 5.04. The molecule has 0 spiro atoms. The third-order valence-corrected chi connectivity index (χ3v) is 6.59. The van der Waals surface area contributed by atoms with E-state index in [1.54, 1.807) is 38.1 Å². The van der Waals surface area contributed by atoms with E-state index >= 15 is 0 Å². The Morgan fingerprint density at radius 1 is 1.24 bits per heavy atom. The van der Waals surface area contributed by atoms with E-state index in [4.69, 9.17) is 21.1 Å². The predicted octanol–water partition coefficient (Wildman–Crippen LogP) is 4.02. The van der Waals surface area contributed by atoms with E-state index < -0.39 is 12.0 Å². The lowest BCUT2D eigenvalue weighted by Crippen LogP contribution is -2.40. The number of rotatable bonds is 7. The molecule has 1 aliphatic heterocycles. The van der Waals surface area contributed by atoms with Crippen LogP contribution in [0.15, 0.2) is 82.2 Å². The molecule has 0 fully saturated rings. The molecule has 34 heavy (non-hydrogen) atoms. The lowest BCUT2D eigenvalue weighted by Gasteiger charge is -2.25. The molecule has 8 heteroatoms. The van der Waals surface area contributed by atoms with Crippen molar-refractivity contribution in [1.29, 1.82) is 0 Å². The minimum atomic E-state index is -0.735. The van der Waals surface area contributed by atoms with Crippen LogP contribution >= 0.6 is 22.9 Å². The molecule has 2 aromatic carbocycles. The zero-order valence-corrected chi connectivity index (χ0v) is 20.4. The summed E-state index contributed by atoms with van der Waals surface area (Å²) in [5.74, 6) is 0.199. The molecule has 4 rings (SSSR count). The van der Waals surface area contributed by atoms with Gasteiger partial charge in [-0.15, -0.1) is 0 Å². The topological polar surface area (TPSA) is 69.9 Å². The van der Waals surface area contributed by atoms with Crippen LogP contribution in [0.3, 0.4) is 0 Å². The van der Waals surface area contributed by atoms with Gasteiger partial charge in [-0.05, 0) is 49.2 Å². The number of fused-ring (bicyclic) bond motifs is 1. The van der Waals surface area contributed by atoms with Gasteiger partial charge >= 0.3 is 5.97 Å². The normalized spacial score (nSPS) is 15.5. The molecular formula is C26H23ClN2O4S. The highest BCUT2D eigenvalue weighted by Gasteiger charge is 2.34. The summed E-state index contributed by atoms with van der Waals surface area (Å²) in [6.07, 6.45) is 3.48. The van der Waals surface area contributed by atoms with Crippen LogP contribution in [0.2, 0.25) is 5.02 Å². The van der Waals surface area contributed by atoms with Gasteiger partial charge in [-0.2, -0.15) is 0 Å². The summed E-state index contributed by atoms with van der Waals surface area (Å²) in [6, 6.07) is 13.9. The number of hydrogen-bond acceptors (Lipinski definition) is 6. The van der Waals surface area contributed by atoms with Gasteiger partial charge in [0, 0.05) is 5.02 Å². The number of hydrogen-bond donors (Lipinski definition) is 0. The number of thiazole rings is 1. The molecule has 0 unspecified atom stereocenters. The van der Waals surface area contributed by atoms with Gasteiger partial charge in [0.2, 0.25) is 0 Å². The van der Waals surface area contributed by atoms with Gasteiger partial charge in [0.15, 0.2) is 4.80 Å². The highest BCUT2D eigenvalue weighted by Crippen LogP contribution is 2.34. The first-order valence-electron chi connectivity index (χ1n) is 10.7. The molecule has 0 aliphatic carbocycles. The third-order valence-electron chi connectivity index (χ3n) is 5.26. The van der Waals surface area contributed by atoms with Crippen molar-refractivity contribution < 1.29 is 14.3 Å². The first kappa shape index (κ1) is 23.7. The lowest BCUT2D eigenvalue weighted by molar-refractivity contribution is -0.139. The molecule has 1 aromatic heterocycles. The number of ether oxygens (including phenoxy) is 2. The summed E-state index contributed by atoms with van der Waals surface area (Å²) in [5.41, 5.74) is 2.03. The molecule has 6 nitrogen and oxygen atoms in total. The van der Waals surface area contributed by atoms with E-state index in [2.05, 4.69) is 11.6 Å². The van der Waals surface area contributed by atoms with Crippen LogP contribution in [0.25, 0.3) is 6.08 Å². The Balaban J connectivity index is 1.86. The average molecular weight is 495 g/mol. The smallest absolute Gasteiger partial charge is 0.338 e. The van der Waals surface area contributed by atoms with Crippen molar-refractivity contribution in [1.82, 2.24) is 4.57 Å². The SMILES string of the molecule is C=CCOc1ccc(/C=c2\sc3n(c2=O)[C@@H](c2ccccc2Cl)C(C(=O)OCC)=C(C)N=3)cc1. The number of esters is 1. The van der Waals surface area contributed by atoms with E-state index in [0.29, 0.717) is 43.5 Å². The number of aromatic nitrogens is 1. The maximum Gasteiger partial charge on any atom is 0.338 e. The molecule has 0 saturated carbocycles. The van der Waals surface area contributed by atoms with Crippen LogP contribution in [-0.4, -0.2) is 23.8 Å². The average Bonchev–Trinajstić information content (AvgIpc) is 3.12. The predicted molar refractivity (Wildman–Crippen MR) is 134 cm³/mol. The first-order chi connectivity index (χ1) is 16.4. The van der Waals surface area contributed by atoms with Crippen molar-refractivity contribution in [2.75, 3.05) is 13.2 Å². The number of allylic oxidation sites excluding steroid dienone is 1. The molecule has 0 saturated heterocycles. The quantitative estimate of drug-likeness (QED) is 0.367. The van der Waals surface area contributed by atoms with Crippen molar-refractivity contribution in [3.8, 4) is 5.75 Å². The van der Waals surface area contributed by atoms with Gasteiger partial charge in [0.1, 0.15) is 18.4 Å². The van der Waals surface area contributed by atoms with Gasteiger partial charge in [-0.3, -0.25) is 9.36 Å². The molecular weight excluding hydrogens is 472 g/mol. The minimum absolute atomic E-state index is 0.210. The van der Waals surface area contributed by atoms with Crippen LogP contribution in [0.4, 0.5) is 0 Å². The second kappa shape index (κ2) is 10.2. The molecule has 0 bridgehead atoms. The van der Waals surface area contributed by atoms with Crippen molar-refractivity contribution in [3.05, 3.63) is 108 Å². The van der Waals surface area contributed by atoms with E-state index in [9.17, 15) is 9.59 Å². The Hall–Kier alpha value is -3.42. The van der Waals surface area contributed by atoms with Gasteiger partial charge in [0.05, 0.1) is 22.4 Å². The molecule has 0 amide bonds. The van der Waals surface area contributed by atoms with E-state index in [1.165, 1.54) is 15.9 Å². The highest BCUT2D eigenvalue weighted by molar-refractivity contribution is 7.07. The summed E-state index contributed by atoms with van der Waals surface area (Å²) >= 11 is 7.78. The number of halogens is 1. The van der Waals surface area contributed by atoms with Crippen LogP contribution in [-0.2, 0) is 9.53 Å². The largest absolute Gasteiger partial charge is 0.490 e. The number of benzene rings is 2. The summed E-state index contributed by atoms with van der Waals surface area (Å²) in [5, 5.41) is 0.452. The van der Waals surface area contributed by atoms with Crippen LogP contribution in [0.1, 0.15) is 31.0 Å². The molecule has 1 atom stereocenters. The Labute approximate surface area is 205 Å². The number of carbonyl (C=O) groups excluding carboxylic acids is 1. The molecule has 1 aliphatic rings. The number of carbonyl (C=O) groups is 1. The van der Waals surface area contributed by atoms with Crippen LogP contribution in [0.5, 0.6) is 5.75 Å². The van der Waals surface area contributed by atoms with Gasteiger partial charge in [-0.1, -0.05) is 65.9 Å². The van der Waals surface area contributed by atoms with Crippen molar-refractivity contribution in [2.24, 2.45) is 4.99 Å².